The fourth-order valence-electron chi connectivity index (χ4n) is 1.40. The van der Waals surface area contributed by atoms with Crippen molar-refractivity contribution in [1.29, 1.82) is 0 Å². The largest absolute Gasteiger partial charge is 0.497 e. The van der Waals surface area contributed by atoms with Crippen molar-refractivity contribution in [2.75, 3.05) is 13.9 Å². The van der Waals surface area contributed by atoms with Crippen LogP contribution in [0, 0.1) is 0 Å². The Bertz CT molecular complexity index is 432. The third-order valence-corrected chi connectivity index (χ3v) is 2.26. The van der Waals surface area contributed by atoms with Gasteiger partial charge in [-0.3, -0.25) is 0 Å². The lowest BCUT2D eigenvalue weighted by atomic mass is 10.3. The first-order chi connectivity index (χ1) is 9.40. The molecule has 102 valence electrons. The van der Waals surface area contributed by atoms with Crippen LogP contribution in [-0.4, -0.2) is 13.9 Å². The summed E-state index contributed by atoms with van der Waals surface area (Å²) in [7, 11) is 1.66. The molecule has 0 aliphatic carbocycles. The van der Waals surface area contributed by atoms with Crippen LogP contribution in [0.1, 0.15) is 13.8 Å². The van der Waals surface area contributed by atoms with Crippen LogP contribution < -0.4 is 14.2 Å². The van der Waals surface area contributed by atoms with Crippen LogP contribution in [0.4, 0.5) is 0 Å². The summed E-state index contributed by atoms with van der Waals surface area (Å²) in [6.45, 7) is 4.36. The predicted octanol–water partition coefficient (Wildman–Crippen LogP) is 4.14. The second-order valence-electron chi connectivity index (χ2n) is 3.37. The van der Waals surface area contributed by atoms with Gasteiger partial charge >= 0.3 is 0 Å². The van der Waals surface area contributed by atoms with Crippen molar-refractivity contribution in [1.82, 2.24) is 0 Å². The molecule has 0 spiro atoms. The molecule has 3 heteroatoms. The summed E-state index contributed by atoms with van der Waals surface area (Å²) in [6.07, 6.45) is 0. The van der Waals surface area contributed by atoms with Crippen LogP contribution in [-0.2, 0) is 0 Å². The Morgan fingerprint density at radius 1 is 0.789 bits per heavy atom. The molecule has 0 fully saturated rings. The number of ether oxygens (including phenoxy) is 3. The molecule has 0 bridgehead atoms. The summed E-state index contributed by atoms with van der Waals surface area (Å²) in [5, 5.41) is 0. The fraction of sp³-hybridized carbons (Fsp3) is 0.250. The van der Waals surface area contributed by atoms with Gasteiger partial charge in [0, 0.05) is 0 Å². The van der Waals surface area contributed by atoms with Crippen LogP contribution in [0.5, 0.6) is 17.2 Å². The molecule has 0 aromatic heterocycles. The number of hydrogen-bond donors (Lipinski definition) is 0. The van der Waals surface area contributed by atoms with Crippen molar-refractivity contribution in [3.63, 3.8) is 0 Å². The number of fused-ring (bicyclic) bond motifs is 1. The van der Waals surface area contributed by atoms with E-state index >= 15 is 0 Å². The molecule has 0 unspecified atom stereocenters. The smallest absolute Gasteiger partial charge is 0.231 e. The van der Waals surface area contributed by atoms with Gasteiger partial charge < -0.3 is 14.2 Å². The average molecular weight is 260 g/mol. The first kappa shape index (κ1) is 14.9. The molecule has 2 aromatic rings. The van der Waals surface area contributed by atoms with Crippen LogP contribution in [0.2, 0.25) is 0 Å². The van der Waals surface area contributed by atoms with Gasteiger partial charge in [0.2, 0.25) is 6.79 Å². The zero-order valence-electron chi connectivity index (χ0n) is 11.6. The van der Waals surface area contributed by atoms with E-state index in [0.717, 1.165) is 17.2 Å². The van der Waals surface area contributed by atoms with Gasteiger partial charge in [0.25, 0.3) is 0 Å². The van der Waals surface area contributed by atoms with E-state index in [-0.39, 0.29) is 0 Å². The highest BCUT2D eigenvalue weighted by molar-refractivity contribution is 5.40. The zero-order valence-corrected chi connectivity index (χ0v) is 11.6. The number of methoxy groups -OCH3 is 1. The van der Waals surface area contributed by atoms with E-state index in [1.807, 2.05) is 68.4 Å². The molecule has 0 radical (unpaired) electrons. The monoisotopic (exact) mass is 260 g/mol. The highest BCUT2D eigenvalue weighted by Gasteiger charge is 2.09. The van der Waals surface area contributed by atoms with Crippen molar-refractivity contribution in [2.24, 2.45) is 0 Å². The molecule has 0 atom stereocenters. The van der Waals surface area contributed by atoms with Gasteiger partial charge in [0.05, 0.1) is 7.11 Å². The second kappa shape index (κ2) is 8.86. The first-order valence-electron chi connectivity index (χ1n) is 6.34. The van der Waals surface area contributed by atoms with Gasteiger partial charge in [-0.25, -0.2) is 0 Å². The molecule has 1 heterocycles. The molecule has 2 aromatic carbocycles. The maximum absolute atomic E-state index is 5.08. The molecule has 1 aliphatic rings. The predicted molar refractivity (Wildman–Crippen MR) is 76.9 cm³/mol. The molecule has 0 saturated carbocycles. The van der Waals surface area contributed by atoms with E-state index in [9.17, 15) is 0 Å². The zero-order chi connectivity index (χ0) is 13.9. The normalized spacial score (nSPS) is 10.5. The van der Waals surface area contributed by atoms with Crippen LogP contribution in [0.15, 0.2) is 54.6 Å². The topological polar surface area (TPSA) is 27.7 Å². The van der Waals surface area contributed by atoms with Gasteiger partial charge in [-0.1, -0.05) is 44.2 Å². The van der Waals surface area contributed by atoms with Gasteiger partial charge in [0.1, 0.15) is 5.75 Å². The summed E-state index contributed by atoms with van der Waals surface area (Å²) in [6, 6.07) is 17.3. The van der Waals surface area contributed by atoms with E-state index in [1.165, 1.54) is 0 Å². The van der Waals surface area contributed by atoms with Crippen molar-refractivity contribution < 1.29 is 14.2 Å². The van der Waals surface area contributed by atoms with E-state index in [4.69, 9.17) is 14.2 Å². The summed E-state index contributed by atoms with van der Waals surface area (Å²) in [5.74, 6) is 2.60. The molecular weight excluding hydrogens is 240 g/mol. The summed E-state index contributed by atoms with van der Waals surface area (Å²) >= 11 is 0. The van der Waals surface area contributed by atoms with E-state index in [0.29, 0.717) is 6.79 Å². The van der Waals surface area contributed by atoms with Crippen molar-refractivity contribution in [3.8, 4) is 17.2 Å². The van der Waals surface area contributed by atoms with Gasteiger partial charge in [-0.05, 0) is 24.3 Å². The lowest BCUT2D eigenvalue weighted by molar-refractivity contribution is 0.174. The van der Waals surface area contributed by atoms with Crippen molar-refractivity contribution in [3.05, 3.63) is 54.6 Å². The van der Waals surface area contributed by atoms with E-state index in [1.54, 1.807) is 7.11 Å². The van der Waals surface area contributed by atoms with E-state index < -0.39 is 0 Å². The molecule has 3 nitrogen and oxygen atoms in total. The Balaban J connectivity index is 0.000000170. The Morgan fingerprint density at radius 2 is 1.26 bits per heavy atom. The third kappa shape index (κ3) is 4.92. The molecule has 0 amide bonds. The molecule has 0 saturated heterocycles. The third-order valence-electron chi connectivity index (χ3n) is 2.26. The fourth-order valence-corrected chi connectivity index (χ4v) is 1.40. The minimum absolute atomic E-state index is 0.360. The van der Waals surface area contributed by atoms with E-state index in [2.05, 4.69) is 0 Å². The number of rotatable bonds is 1. The first-order valence-corrected chi connectivity index (χ1v) is 6.34. The second-order valence-corrected chi connectivity index (χ2v) is 3.37. The Morgan fingerprint density at radius 3 is 1.68 bits per heavy atom. The number of benzene rings is 2. The minimum atomic E-state index is 0.360. The van der Waals surface area contributed by atoms with Crippen LogP contribution >= 0.6 is 0 Å². The van der Waals surface area contributed by atoms with Gasteiger partial charge in [0.15, 0.2) is 11.5 Å². The highest BCUT2D eigenvalue weighted by atomic mass is 16.7. The average Bonchev–Trinajstić information content (AvgIpc) is 2.99. The maximum Gasteiger partial charge on any atom is 0.231 e. The van der Waals surface area contributed by atoms with Crippen molar-refractivity contribution >= 4 is 0 Å². The summed E-state index contributed by atoms with van der Waals surface area (Å²) < 4.78 is 15.1. The van der Waals surface area contributed by atoms with Gasteiger partial charge in [-0.15, -0.1) is 0 Å². The summed E-state index contributed by atoms with van der Waals surface area (Å²) in [4.78, 5) is 0. The van der Waals surface area contributed by atoms with Crippen molar-refractivity contribution in [2.45, 2.75) is 13.8 Å². The maximum atomic E-state index is 5.08. The standard InChI is InChI=1S/C7H6O2.C7H8O.C2H6/c1-2-4-7-6(3-1)8-5-9-7;1-8-7-5-3-2-4-6-7;1-2/h1-4H,5H2;2-6H,1H3;1-2H3. The Labute approximate surface area is 114 Å². The summed E-state index contributed by atoms with van der Waals surface area (Å²) in [5.41, 5.74) is 0. The lowest BCUT2D eigenvalue weighted by Crippen LogP contribution is -1.92. The Hall–Kier alpha value is -2.16. The SMILES string of the molecule is CC.COc1ccccc1.c1ccc2c(c1)OCO2. The molecular formula is C16H20O3. The molecule has 3 rings (SSSR count). The highest BCUT2D eigenvalue weighted by Crippen LogP contribution is 2.30. The molecule has 1 aliphatic heterocycles. The quantitative estimate of drug-likeness (QED) is 0.771. The minimum Gasteiger partial charge on any atom is -0.497 e. The van der Waals surface area contributed by atoms with Crippen LogP contribution in [0.3, 0.4) is 0 Å². The van der Waals surface area contributed by atoms with Crippen LogP contribution in [0.25, 0.3) is 0 Å². The molecule has 19 heavy (non-hydrogen) atoms. The lowest BCUT2D eigenvalue weighted by Gasteiger charge is -1.93. The van der Waals surface area contributed by atoms with Gasteiger partial charge in [-0.2, -0.15) is 0 Å². The number of para-hydroxylation sites is 3. The Kier molecular flexibility index (Phi) is 6.95. The molecule has 0 N–H and O–H groups in total. The number of hydrogen-bond acceptors (Lipinski definition) is 3.